The zero-order valence-electron chi connectivity index (χ0n) is 8.78. The maximum absolute atomic E-state index is 6.36. The topological polar surface area (TPSA) is 12.9 Å². The number of hydrogen-bond donors (Lipinski definition) is 0. The van der Waals surface area contributed by atoms with Gasteiger partial charge in [0.15, 0.2) is 0 Å². The molecule has 1 unspecified atom stereocenters. The van der Waals surface area contributed by atoms with Crippen LogP contribution in [0.3, 0.4) is 0 Å². The van der Waals surface area contributed by atoms with E-state index in [9.17, 15) is 0 Å². The van der Waals surface area contributed by atoms with Crippen LogP contribution in [0.4, 0.5) is 0 Å². The Morgan fingerprint density at radius 2 is 2.31 bits per heavy atom. The Hall–Kier alpha value is -0.130. The predicted molar refractivity (Wildman–Crippen MR) is 78.3 cm³/mol. The van der Waals surface area contributed by atoms with Gasteiger partial charge in [-0.15, -0.1) is 22.9 Å². The van der Waals surface area contributed by atoms with Gasteiger partial charge in [0.05, 0.1) is 8.26 Å². The van der Waals surface area contributed by atoms with E-state index in [1.54, 1.807) is 11.3 Å². The molecule has 0 spiro atoms. The maximum Gasteiger partial charge on any atom is 0.0656 e. The number of thiophene rings is 1. The molecule has 2 aromatic rings. The molecule has 2 heterocycles. The molecule has 16 heavy (non-hydrogen) atoms. The summed E-state index contributed by atoms with van der Waals surface area (Å²) >= 11 is 10.4. The van der Waals surface area contributed by atoms with Crippen LogP contribution in [0, 0.1) is 9.81 Å². The highest BCUT2D eigenvalue weighted by Gasteiger charge is 2.11. The minimum atomic E-state index is 0.0231. The predicted octanol–water partition coefficient (Wildman–Crippen LogP) is 4.58. The molecule has 1 atom stereocenters. The van der Waals surface area contributed by atoms with Crippen molar-refractivity contribution in [3.05, 3.63) is 49.5 Å². The fourth-order valence-corrected chi connectivity index (χ4v) is 3.19. The van der Waals surface area contributed by atoms with Gasteiger partial charge in [-0.2, -0.15) is 0 Å². The van der Waals surface area contributed by atoms with Gasteiger partial charge in [0.2, 0.25) is 0 Å². The highest BCUT2D eigenvalue weighted by atomic mass is 127. The SMILES string of the molecule is Cc1ccc(CC(Cl)c2csc(I)c2)nc1. The maximum atomic E-state index is 6.36. The first-order chi connectivity index (χ1) is 7.65. The van der Waals surface area contributed by atoms with Crippen LogP contribution in [-0.4, -0.2) is 4.98 Å². The Morgan fingerprint density at radius 1 is 1.50 bits per heavy atom. The molecule has 1 nitrogen and oxygen atoms in total. The van der Waals surface area contributed by atoms with Crippen LogP contribution < -0.4 is 0 Å². The summed E-state index contributed by atoms with van der Waals surface area (Å²) in [7, 11) is 0. The highest BCUT2D eigenvalue weighted by Crippen LogP contribution is 2.29. The minimum Gasteiger partial charge on any atom is -0.261 e. The second-order valence-corrected chi connectivity index (χ2v) is 7.01. The van der Waals surface area contributed by atoms with Gasteiger partial charge in [0, 0.05) is 18.3 Å². The second-order valence-electron chi connectivity index (χ2n) is 3.68. The Balaban J connectivity index is 2.07. The van der Waals surface area contributed by atoms with Crippen molar-refractivity contribution in [3.8, 4) is 0 Å². The first-order valence-corrected chi connectivity index (χ1v) is 7.34. The van der Waals surface area contributed by atoms with Crippen molar-refractivity contribution in [2.45, 2.75) is 18.7 Å². The first kappa shape index (κ1) is 12.3. The summed E-state index contributed by atoms with van der Waals surface area (Å²) in [5.74, 6) is 0. The highest BCUT2D eigenvalue weighted by molar-refractivity contribution is 14.1. The smallest absolute Gasteiger partial charge is 0.0656 e. The summed E-state index contributed by atoms with van der Waals surface area (Å²) < 4.78 is 1.27. The Bertz CT molecular complexity index is 466. The van der Waals surface area contributed by atoms with Gasteiger partial charge in [0.1, 0.15) is 0 Å². The number of pyridine rings is 1. The second kappa shape index (κ2) is 5.47. The standard InChI is InChI=1S/C12H11ClINS/c1-8-2-3-10(15-6-8)5-11(13)9-4-12(14)16-7-9/h2-4,6-7,11H,5H2,1H3. The normalized spacial score (nSPS) is 12.7. The summed E-state index contributed by atoms with van der Waals surface area (Å²) in [6.07, 6.45) is 2.67. The molecular formula is C12H11ClINS. The largest absolute Gasteiger partial charge is 0.261 e. The number of nitrogens with zero attached hydrogens (tertiary/aromatic N) is 1. The number of alkyl halides is 1. The molecule has 0 aliphatic rings. The van der Waals surface area contributed by atoms with Crippen LogP contribution >= 0.6 is 45.5 Å². The van der Waals surface area contributed by atoms with E-state index >= 15 is 0 Å². The number of rotatable bonds is 3. The molecule has 0 aromatic carbocycles. The molecular weight excluding hydrogens is 353 g/mol. The fraction of sp³-hybridized carbons (Fsp3) is 0.250. The van der Waals surface area contributed by atoms with Crippen LogP contribution in [0.2, 0.25) is 0 Å². The molecule has 4 heteroatoms. The van der Waals surface area contributed by atoms with Crippen molar-refractivity contribution in [1.82, 2.24) is 4.98 Å². The van der Waals surface area contributed by atoms with Crippen LogP contribution in [0.25, 0.3) is 0 Å². The molecule has 0 saturated carbocycles. The van der Waals surface area contributed by atoms with E-state index < -0.39 is 0 Å². The third-order valence-corrected chi connectivity index (χ3v) is 4.52. The number of aromatic nitrogens is 1. The Kier molecular flexibility index (Phi) is 4.21. The van der Waals surface area contributed by atoms with Crippen molar-refractivity contribution >= 4 is 45.5 Å². The van der Waals surface area contributed by atoms with Gasteiger partial charge in [-0.25, -0.2) is 0 Å². The lowest BCUT2D eigenvalue weighted by atomic mass is 10.1. The number of aryl methyl sites for hydroxylation is 1. The number of halogens is 2. The molecule has 0 aliphatic heterocycles. The monoisotopic (exact) mass is 363 g/mol. The first-order valence-electron chi connectivity index (χ1n) is 4.94. The quantitative estimate of drug-likeness (QED) is 0.574. The zero-order valence-corrected chi connectivity index (χ0v) is 12.5. The van der Waals surface area contributed by atoms with Crippen LogP contribution in [0.5, 0.6) is 0 Å². The lowest BCUT2D eigenvalue weighted by Gasteiger charge is -2.06. The van der Waals surface area contributed by atoms with Crippen molar-refractivity contribution in [1.29, 1.82) is 0 Å². The third-order valence-electron chi connectivity index (χ3n) is 2.31. The van der Waals surface area contributed by atoms with Crippen molar-refractivity contribution in [2.24, 2.45) is 0 Å². The third kappa shape index (κ3) is 3.18. The lowest BCUT2D eigenvalue weighted by Crippen LogP contribution is -1.97. The number of hydrogen-bond acceptors (Lipinski definition) is 2. The van der Waals surface area contributed by atoms with Crippen LogP contribution in [0.1, 0.15) is 22.2 Å². The Morgan fingerprint density at radius 3 is 2.88 bits per heavy atom. The lowest BCUT2D eigenvalue weighted by molar-refractivity contribution is 0.882. The molecule has 84 valence electrons. The molecule has 0 N–H and O–H groups in total. The Labute approximate surface area is 118 Å². The average Bonchev–Trinajstić information content (AvgIpc) is 2.68. The van der Waals surface area contributed by atoms with Crippen molar-refractivity contribution in [2.75, 3.05) is 0 Å². The molecule has 0 radical (unpaired) electrons. The van der Waals surface area contributed by atoms with Gasteiger partial charge in [-0.05, 0) is 58.2 Å². The van der Waals surface area contributed by atoms with E-state index in [4.69, 9.17) is 11.6 Å². The molecule has 0 fully saturated rings. The summed E-state index contributed by atoms with van der Waals surface area (Å²) in [6, 6.07) is 6.25. The van der Waals surface area contributed by atoms with Gasteiger partial charge in [-0.1, -0.05) is 6.07 Å². The van der Waals surface area contributed by atoms with Crippen molar-refractivity contribution < 1.29 is 0 Å². The molecule has 0 amide bonds. The average molecular weight is 364 g/mol. The molecule has 2 aromatic heterocycles. The summed E-state index contributed by atoms with van der Waals surface area (Å²) in [4.78, 5) is 4.37. The van der Waals surface area contributed by atoms with E-state index in [0.29, 0.717) is 0 Å². The fourth-order valence-electron chi connectivity index (χ4n) is 1.41. The van der Waals surface area contributed by atoms with Crippen molar-refractivity contribution in [3.63, 3.8) is 0 Å². The van der Waals surface area contributed by atoms with Gasteiger partial charge >= 0.3 is 0 Å². The summed E-state index contributed by atoms with van der Waals surface area (Å²) in [5, 5.41) is 2.14. The van der Waals surface area contributed by atoms with Crippen LogP contribution in [0.15, 0.2) is 29.8 Å². The molecule has 0 aliphatic carbocycles. The molecule has 0 bridgehead atoms. The van der Waals surface area contributed by atoms with E-state index in [1.165, 1.54) is 14.0 Å². The van der Waals surface area contributed by atoms with Crippen LogP contribution in [-0.2, 0) is 6.42 Å². The van der Waals surface area contributed by atoms with E-state index in [0.717, 1.165) is 12.1 Å². The van der Waals surface area contributed by atoms with Gasteiger partial charge in [0.25, 0.3) is 0 Å². The zero-order chi connectivity index (χ0) is 11.5. The van der Waals surface area contributed by atoms with E-state index in [2.05, 4.69) is 45.1 Å². The molecule has 2 rings (SSSR count). The molecule has 0 saturated heterocycles. The van der Waals surface area contributed by atoms with Gasteiger partial charge in [-0.3, -0.25) is 4.98 Å². The minimum absolute atomic E-state index is 0.0231. The van der Waals surface area contributed by atoms with E-state index in [-0.39, 0.29) is 5.38 Å². The summed E-state index contributed by atoms with van der Waals surface area (Å²) in [6.45, 7) is 2.04. The summed E-state index contributed by atoms with van der Waals surface area (Å²) in [5.41, 5.74) is 3.42. The van der Waals surface area contributed by atoms with Gasteiger partial charge < -0.3 is 0 Å². The van der Waals surface area contributed by atoms with E-state index in [1.807, 2.05) is 19.2 Å².